The van der Waals surface area contributed by atoms with Crippen LogP contribution >= 0.6 is 0 Å². The van der Waals surface area contributed by atoms with Crippen LogP contribution in [-0.2, 0) is 9.53 Å². The van der Waals surface area contributed by atoms with Crippen molar-refractivity contribution in [1.29, 1.82) is 0 Å². The summed E-state index contributed by atoms with van der Waals surface area (Å²) in [6, 6.07) is 0. The molecule has 1 aliphatic heterocycles. The predicted octanol–water partition coefficient (Wildman–Crippen LogP) is 0.893. The van der Waals surface area contributed by atoms with E-state index in [2.05, 4.69) is 4.74 Å². The highest BCUT2D eigenvalue weighted by molar-refractivity contribution is 5.88. The highest BCUT2D eigenvalue weighted by Crippen LogP contribution is 2.11. The van der Waals surface area contributed by atoms with Gasteiger partial charge in [0.1, 0.15) is 0 Å². The van der Waals surface area contributed by atoms with Crippen LogP contribution in [0.4, 0.5) is 0 Å². The molecule has 3 nitrogen and oxygen atoms in total. The molecule has 0 bridgehead atoms. The number of nitrogens with zero attached hydrogens (tertiary/aromatic N) is 1. The van der Waals surface area contributed by atoms with Gasteiger partial charge in [-0.2, -0.15) is 0 Å². The molecular weight excluding hydrogens is 142 g/mol. The Balaban J connectivity index is 2.98. The molecule has 0 fully saturated rings. The van der Waals surface area contributed by atoms with Crippen molar-refractivity contribution in [3.63, 3.8) is 0 Å². The molecule has 0 radical (unpaired) electrons. The van der Waals surface area contributed by atoms with Crippen LogP contribution in [0, 0.1) is 0 Å². The SMILES string of the molecule is [2H]C1([2H])C=CN(C)C=C1C(=O)OC. The Kier molecular flexibility index (Phi) is 1.59. The van der Waals surface area contributed by atoms with Crippen molar-refractivity contribution in [3.05, 3.63) is 24.0 Å². The molecule has 1 heterocycles. The van der Waals surface area contributed by atoms with Crippen LogP contribution in [0.3, 0.4) is 0 Å². The molecule has 0 atom stereocenters. The van der Waals surface area contributed by atoms with Gasteiger partial charge in [0.05, 0.1) is 12.7 Å². The Morgan fingerprint density at radius 1 is 1.91 bits per heavy atom. The minimum Gasteiger partial charge on any atom is -0.466 e. The molecule has 0 saturated heterocycles. The fourth-order valence-corrected chi connectivity index (χ4v) is 0.750. The van der Waals surface area contributed by atoms with E-state index in [1.54, 1.807) is 18.1 Å². The summed E-state index contributed by atoms with van der Waals surface area (Å²) in [7, 11) is 2.95. The van der Waals surface area contributed by atoms with Gasteiger partial charge < -0.3 is 9.64 Å². The van der Waals surface area contributed by atoms with E-state index in [9.17, 15) is 4.79 Å². The van der Waals surface area contributed by atoms with Crippen molar-refractivity contribution in [2.75, 3.05) is 14.2 Å². The fourth-order valence-electron chi connectivity index (χ4n) is 0.750. The maximum Gasteiger partial charge on any atom is 0.335 e. The number of methoxy groups -OCH3 is 1. The van der Waals surface area contributed by atoms with Crippen LogP contribution in [0.1, 0.15) is 9.11 Å². The van der Waals surface area contributed by atoms with Gasteiger partial charge in [0.15, 0.2) is 0 Å². The molecule has 0 saturated carbocycles. The Morgan fingerprint density at radius 2 is 2.64 bits per heavy atom. The highest BCUT2D eigenvalue weighted by atomic mass is 16.5. The number of hydrogen-bond donors (Lipinski definition) is 0. The summed E-state index contributed by atoms with van der Waals surface area (Å²) in [5.41, 5.74) is 0.0139. The number of carbonyl (C=O) groups is 1. The number of carbonyl (C=O) groups excluding carboxylic acids is 1. The molecule has 0 spiro atoms. The molecular formula is C8H11NO2. The largest absolute Gasteiger partial charge is 0.466 e. The van der Waals surface area contributed by atoms with Crippen LogP contribution in [0.5, 0.6) is 0 Å². The molecule has 0 amide bonds. The lowest BCUT2D eigenvalue weighted by molar-refractivity contribution is -0.136. The molecule has 60 valence electrons. The second-order valence-corrected chi connectivity index (χ2v) is 2.16. The summed E-state index contributed by atoms with van der Waals surface area (Å²) < 4.78 is 19.4. The van der Waals surface area contributed by atoms with Crippen molar-refractivity contribution in [3.8, 4) is 0 Å². The summed E-state index contributed by atoms with van der Waals surface area (Å²) in [6.45, 7) is 0. The Bertz CT molecular complexity index is 284. The molecule has 1 aliphatic rings. The van der Waals surface area contributed by atoms with Crippen LogP contribution in [0.2, 0.25) is 0 Å². The van der Waals surface area contributed by atoms with Gasteiger partial charge in [0.25, 0.3) is 0 Å². The zero-order valence-corrected chi connectivity index (χ0v) is 6.50. The minimum absolute atomic E-state index is 0.0139. The lowest BCUT2D eigenvalue weighted by Gasteiger charge is -2.14. The number of hydrogen-bond acceptors (Lipinski definition) is 3. The molecule has 0 aromatic rings. The summed E-state index contributed by atoms with van der Waals surface area (Å²) in [5.74, 6) is -0.638. The van der Waals surface area contributed by atoms with E-state index < -0.39 is 12.3 Å². The Hall–Kier alpha value is -1.25. The normalized spacial score (nSPS) is 23.5. The van der Waals surface area contributed by atoms with Crippen molar-refractivity contribution in [2.45, 2.75) is 6.37 Å². The predicted molar refractivity (Wildman–Crippen MR) is 41.6 cm³/mol. The van der Waals surface area contributed by atoms with E-state index in [1.807, 2.05) is 0 Å². The smallest absolute Gasteiger partial charge is 0.335 e. The van der Waals surface area contributed by atoms with Gasteiger partial charge in [0.2, 0.25) is 0 Å². The third-order valence-electron chi connectivity index (χ3n) is 1.29. The first-order valence-corrected chi connectivity index (χ1v) is 3.19. The molecule has 11 heavy (non-hydrogen) atoms. The maximum absolute atomic E-state index is 11.1. The summed E-state index contributed by atoms with van der Waals surface area (Å²) in [4.78, 5) is 12.7. The van der Waals surface area contributed by atoms with E-state index in [0.717, 1.165) is 0 Å². The van der Waals surface area contributed by atoms with Gasteiger partial charge in [-0.05, 0) is 6.20 Å². The van der Waals surface area contributed by atoms with Gasteiger partial charge >= 0.3 is 5.97 Å². The first kappa shape index (κ1) is 5.41. The maximum atomic E-state index is 11.1. The zero-order valence-electron chi connectivity index (χ0n) is 8.50. The number of rotatable bonds is 1. The number of esters is 1. The van der Waals surface area contributed by atoms with E-state index >= 15 is 0 Å². The lowest BCUT2D eigenvalue weighted by atomic mass is 10.1. The summed E-state index contributed by atoms with van der Waals surface area (Å²) in [5, 5.41) is 0. The van der Waals surface area contributed by atoms with Crippen molar-refractivity contribution < 1.29 is 12.3 Å². The quantitative estimate of drug-likeness (QED) is 0.527. The molecule has 0 aliphatic carbocycles. The topological polar surface area (TPSA) is 29.5 Å². The molecule has 0 aromatic heterocycles. The van der Waals surface area contributed by atoms with Gasteiger partial charge in [-0.15, -0.1) is 0 Å². The summed E-state index contributed by atoms with van der Waals surface area (Å²) in [6.07, 6.45) is 2.57. The van der Waals surface area contributed by atoms with Crippen molar-refractivity contribution >= 4 is 5.97 Å². The molecule has 1 rings (SSSR count). The monoisotopic (exact) mass is 155 g/mol. The molecule has 3 heteroatoms. The second kappa shape index (κ2) is 3.23. The van der Waals surface area contributed by atoms with Crippen LogP contribution in [0.25, 0.3) is 0 Å². The lowest BCUT2D eigenvalue weighted by Crippen LogP contribution is -2.12. The standard InChI is InChI=1S/C8H11NO2/c1-9-5-3-4-7(6-9)8(10)11-2/h3,5-6H,4H2,1-2H3/i4D2. The first-order chi connectivity index (χ1) is 5.97. The molecule has 0 aromatic carbocycles. The summed E-state index contributed by atoms with van der Waals surface area (Å²) >= 11 is 0. The van der Waals surface area contributed by atoms with E-state index in [0.29, 0.717) is 0 Å². The second-order valence-electron chi connectivity index (χ2n) is 2.16. The zero-order chi connectivity index (χ0) is 10.1. The molecule has 0 unspecified atom stereocenters. The highest BCUT2D eigenvalue weighted by Gasteiger charge is 2.10. The van der Waals surface area contributed by atoms with E-state index in [-0.39, 0.29) is 5.57 Å². The van der Waals surface area contributed by atoms with E-state index in [1.165, 1.54) is 19.4 Å². The minimum atomic E-state index is -1.74. The van der Waals surface area contributed by atoms with E-state index in [4.69, 9.17) is 2.74 Å². The van der Waals surface area contributed by atoms with Gasteiger partial charge in [-0.1, -0.05) is 6.08 Å². The molecule has 0 N–H and O–H groups in total. The van der Waals surface area contributed by atoms with Gasteiger partial charge in [0, 0.05) is 22.4 Å². The first-order valence-electron chi connectivity index (χ1n) is 4.19. The van der Waals surface area contributed by atoms with Gasteiger partial charge in [-0.25, -0.2) is 4.79 Å². The third-order valence-corrected chi connectivity index (χ3v) is 1.29. The van der Waals surface area contributed by atoms with Crippen LogP contribution < -0.4 is 0 Å². The third kappa shape index (κ3) is 1.83. The Labute approximate surface area is 68.8 Å². The Morgan fingerprint density at radius 3 is 3.27 bits per heavy atom. The van der Waals surface area contributed by atoms with Crippen molar-refractivity contribution in [2.24, 2.45) is 0 Å². The fraction of sp³-hybridized carbons (Fsp3) is 0.375. The number of allylic oxidation sites excluding steroid dienone is 1. The number of ether oxygens (including phenoxy) is 1. The average Bonchev–Trinajstić information content (AvgIpc) is 2.08. The van der Waals surface area contributed by atoms with Crippen LogP contribution in [-0.4, -0.2) is 25.0 Å². The van der Waals surface area contributed by atoms with Gasteiger partial charge in [-0.3, -0.25) is 0 Å². The van der Waals surface area contributed by atoms with Crippen molar-refractivity contribution in [1.82, 2.24) is 4.90 Å². The van der Waals surface area contributed by atoms with Crippen LogP contribution in [0.15, 0.2) is 24.0 Å². The average molecular weight is 155 g/mol.